The number of para-hydroxylation sites is 1. The van der Waals surface area contributed by atoms with Crippen molar-refractivity contribution >= 4 is 17.7 Å². The van der Waals surface area contributed by atoms with E-state index in [1.54, 1.807) is 18.2 Å². The predicted octanol–water partition coefficient (Wildman–Crippen LogP) is 1.85. The van der Waals surface area contributed by atoms with Gasteiger partial charge in [0, 0.05) is 19.1 Å². The molecule has 0 atom stereocenters. The molecule has 0 aliphatic heterocycles. The third-order valence-electron chi connectivity index (χ3n) is 3.04. The maximum Gasteiger partial charge on any atom is 0.337 e. The number of nitrogens with one attached hydrogen (secondary N) is 2. The molecule has 0 bridgehead atoms. The molecule has 2 amide bonds. The van der Waals surface area contributed by atoms with Crippen LogP contribution >= 0.6 is 0 Å². The van der Waals surface area contributed by atoms with Crippen LogP contribution in [0.2, 0.25) is 0 Å². The second-order valence-corrected chi connectivity index (χ2v) is 4.81. The van der Waals surface area contributed by atoms with E-state index < -0.39 is 12.0 Å². The standard InChI is InChI=1S/C14H21N3O3/c1-10(2)17(3)9-8-15-14(20)16-12-7-5-4-6-11(12)13(18)19/h4-7,10H,8-9H2,1-3H3,(H,18,19)(H2,15,16,20). The zero-order valence-electron chi connectivity index (χ0n) is 12.0. The average Bonchev–Trinajstić information content (AvgIpc) is 2.38. The minimum Gasteiger partial charge on any atom is -0.478 e. The van der Waals surface area contributed by atoms with Crippen LogP contribution in [-0.4, -0.2) is 48.2 Å². The second-order valence-electron chi connectivity index (χ2n) is 4.81. The number of nitrogens with zero attached hydrogens (tertiary/aromatic N) is 1. The highest BCUT2D eigenvalue weighted by Crippen LogP contribution is 2.14. The maximum atomic E-state index is 11.7. The van der Waals surface area contributed by atoms with Crippen LogP contribution in [0.5, 0.6) is 0 Å². The van der Waals surface area contributed by atoms with Crippen LogP contribution in [0.3, 0.4) is 0 Å². The van der Waals surface area contributed by atoms with E-state index in [9.17, 15) is 9.59 Å². The number of urea groups is 1. The summed E-state index contributed by atoms with van der Waals surface area (Å²) in [6.07, 6.45) is 0. The highest BCUT2D eigenvalue weighted by molar-refractivity contribution is 5.99. The van der Waals surface area contributed by atoms with Gasteiger partial charge >= 0.3 is 12.0 Å². The van der Waals surface area contributed by atoms with Crippen molar-refractivity contribution in [3.8, 4) is 0 Å². The Morgan fingerprint density at radius 3 is 2.55 bits per heavy atom. The lowest BCUT2D eigenvalue weighted by Gasteiger charge is -2.21. The molecule has 0 spiro atoms. The van der Waals surface area contributed by atoms with Crippen LogP contribution in [0.4, 0.5) is 10.5 Å². The van der Waals surface area contributed by atoms with Crippen LogP contribution < -0.4 is 10.6 Å². The van der Waals surface area contributed by atoms with Crippen LogP contribution in [0.1, 0.15) is 24.2 Å². The van der Waals surface area contributed by atoms with Gasteiger partial charge in [-0.1, -0.05) is 12.1 Å². The number of carbonyl (C=O) groups is 2. The Labute approximate surface area is 118 Å². The Balaban J connectivity index is 2.49. The number of benzene rings is 1. The quantitative estimate of drug-likeness (QED) is 0.742. The zero-order chi connectivity index (χ0) is 15.1. The first-order valence-electron chi connectivity index (χ1n) is 6.49. The summed E-state index contributed by atoms with van der Waals surface area (Å²) >= 11 is 0. The minimum atomic E-state index is -1.07. The van der Waals surface area contributed by atoms with Gasteiger partial charge in [-0.05, 0) is 33.0 Å². The van der Waals surface area contributed by atoms with Crippen molar-refractivity contribution in [1.82, 2.24) is 10.2 Å². The molecule has 0 fully saturated rings. The Morgan fingerprint density at radius 1 is 1.30 bits per heavy atom. The molecule has 0 aliphatic carbocycles. The SMILES string of the molecule is CC(C)N(C)CCNC(=O)Nc1ccccc1C(=O)O. The molecule has 110 valence electrons. The fourth-order valence-corrected chi connectivity index (χ4v) is 1.55. The monoisotopic (exact) mass is 279 g/mol. The summed E-state index contributed by atoms with van der Waals surface area (Å²) < 4.78 is 0. The number of rotatable bonds is 6. The summed E-state index contributed by atoms with van der Waals surface area (Å²) in [6, 6.07) is 6.30. The highest BCUT2D eigenvalue weighted by atomic mass is 16.4. The fraction of sp³-hybridized carbons (Fsp3) is 0.429. The Hall–Kier alpha value is -2.08. The number of hydrogen-bond acceptors (Lipinski definition) is 3. The number of anilines is 1. The number of likely N-dealkylation sites (N-methyl/N-ethyl adjacent to an activating group) is 1. The summed E-state index contributed by atoms with van der Waals surface area (Å²) in [5.41, 5.74) is 0.358. The molecule has 0 saturated carbocycles. The summed E-state index contributed by atoms with van der Waals surface area (Å²) in [5, 5.41) is 14.3. The van der Waals surface area contributed by atoms with Gasteiger partial charge in [-0.15, -0.1) is 0 Å². The molecule has 0 radical (unpaired) electrons. The number of aromatic carboxylic acids is 1. The number of carboxylic acid groups (broad SMARTS) is 1. The lowest BCUT2D eigenvalue weighted by atomic mass is 10.2. The van der Waals surface area contributed by atoms with Crippen molar-refractivity contribution in [3.05, 3.63) is 29.8 Å². The lowest BCUT2D eigenvalue weighted by Crippen LogP contribution is -2.38. The van der Waals surface area contributed by atoms with Gasteiger partial charge in [0.25, 0.3) is 0 Å². The van der Waals surface area contributed by atoms with Gasteiger partial charge in [0.1, 0.15) is 0 Å². The van der Waals surface area contributed by atoms with E-state index >= 15 is 0 Å². The molecule has 20 heavy (non-hydrogen) atoms. The zero-order valence-corrected chi connectivity index (χ0v) is 12.0. The van der Waals surface area contributed by atoms with Crippen molar-refractivity contribution in [2.75, 3.05) is 25.5 Å². The number of carboxylic acids is 1. The molecular weight excluding hydrogens is 258 g/mol. The van der Waals surface area contributed by atoms with Gasteiger partial charge in [-0.2, -0.15) is 0 Å². The molecule has 0 heterocycles. The molecule has 1 aromatic rings. The fourth-order valence-electron chi connectivity index (χ4n) is 1.55. The highest BCUT2D eigenvalue weighted by Gasteiger charge is 2.11. The van der Waals surface area contributed by atoms with E-state index in [1.807, 2.05) is 7.05 Å². The van der Waals surface area contributed by atoms with E-state index in [4.69, 9.17) is 5.11 Å². The Morgan fingerprint density at radius 2 is 1.95 bits per heavy atom. The Kier molecular flexibility index (Phi) is 5.99. The van der Waals surface area contributed by atoms with Gasteiger partial charge in [0.2, 0.25) is 0 Å². The van der Waals surface area contributed by atoms with Gasteiger partial charge in [0.05, 0.1) is 11.3 Å². The molecule has 1 rings (SSSR count). The van der Waals surface area contributed by atoms with Crippen molar-refractivity contribution in [3.63, 3.8) is 0 Å². The third kappa shape index (κ3) is 4.89. The van der Waals surface area contributed by atoms with E-state index in [1.165, 1.54) is 6.07 Å². The van der Waals surface area contributed by atoms with E-state index in [0.29, 0.717) is 12.6 Å². The topological polar surface area (TPSA) is 81.7 Å². The van der Waals surface area contributed by atoms with Crippen molar-refractivity contribution in [1.29, 1.82) is 0 Å². The van der Waals surface area contributed by atoms with Crippen molar-refractivity contribution in [2.24, 2.45) is 0 Å². The molecule has 6 nitrogen and oxygen atoms in total. The van der Waals surface area contributed by atoms with Gasteiger partial charge in [-0.25, -0.2) is 9.59 Å². The van der Waals surface area contributed by atoms with E-state index in [2.05, 4.69) is 29.4 Å². The summed E-state index contributed by atoms with van der Waals surface area (Å²) in [5.74, 6) is -1.07. The summed E-state index contributed by atoms with van der Waals surface area (Å²) in [7, 11) is 1.98. The second kappa shape index (κ2) is 7.49. The number of hydrogen-bond donors (Lipinski definition) is 3. The molecule has 0 unspecified atom stereocenters. The molecule has 1 aromatic carbocycles. The summed E-state index contributed by atoms with van der Waals surface area (Å²) in [6.45, 7) is 5.37. The van der Waals surface area contributed by atoms with Crippen LogP contribution in [0.25, 0.3) is 0 Å². The van der Waals surface area contributed by atoms with Crippen LogP contribution in [-0.2, 0) is 0 Å². The number of amides is 2. The minimum absolute atomic E-state index is 0.0712. The normalized spacial score (nSPS) is 10.7. The van der Waals surface area contributed by atoms with Gasteiger partial charge in [0.15, 0.2) is 0 Å². The first-order valence-corrected chi connectivity index (χ1v) is 6.49. The van der Waals surface area contributed by atoms with Crippen molar-refractivity contribution < 1.29 is 14.7 Å². The average molecular weight is 279 g/mol. The lowest BCUT2D eigenvalue weighted by molar-refractivity contribution is 0.0698. The summed E-state index contributed by atoms with van der Waals surface area (Å²) in [4.78, 5) is 24.8. The van der Waals surface area contributed by atoms with E-state index in [0.717, 1.165) is 6.54 Å². The van der Waals surface area contributed by atoms with Gasteiger partial charge in [-0.3, -0.25) is 0 Å². The van der Waals surface area contributed by atoms with E-state index in [-0.39, 0.29) is 11.3 Å². The molecule has 0 aliphatic rings. The molecule has 0 aromatic heterocycles. The van der Waals surface area contributed by atoms with Crippen LogP contribution in [0.15, 0.2) is 24.3 Å². The smallest absolute Gasteiger partial charge is 0.337 e. The molecule has 6 heteroatoms. The maximum absolute atomic E-state index is 11.7. The first kappa shape index (κ1) is 16.0. The first-order chi connectivity index (χ1) is 9.41. The number of carbonyl (C=O) groups excluding carboxylic acids is 1. The molecule has 3 N–H and O–H groups in total. The third-order valence-corrected chi connectivity index (χ3v) is 3.04. The Bertz CT molecular complexity index is 474. The largest absolute Gasteiger partial charge is 0.478 e. The predicted molar refractivity (Wildman–Crippen MR) is 78.2 cm³/mol. The van der Waals surface area contributed by atoms with Gasteiger partial charge < -0.3 is 20.6 Å². The van der Waals surface area contributed by atoms with Crippen molar-refractivity contribution in [2.45, 2.75) is 19.9 Å². The molecule has 0 saturated heterocycles. The van der Waals surface area contributed by atoms with Crippen LogP contribution in [0, 0.1) is 0 Å². The molecular formula is C14H21N3O3.